The summed E-state index contributed by atoms with van der Waals surface area (Å²) >= 11 is 0. The van der Waals surface area contributed by atoms with Crippen molar-refractivity contribution in [3.8, 4) is 0 Å². The fourth-order valence-corrected chi connectivity index (χ4v) is 1.70. The molecule has 0 radical (unpaired) electrons. The van der Waals surface area contributed by atoms with Crippen molar-refractivity contribution < 1.29 is 4.74 Å². The molecule has 0 aromatic heterocycles. The van der Waals surface area contributed by atoms with E-state index >= 15 is 0 Å². The van der Waals surface area contributed by atoms with Crippen LogP contribution < -0.4 is 0 Å². The largest absolute Gasteiger partial charge is 0.366 e. The summed E-state index contributed by atoms with van der Waals surface area (Å²) in [7, 11) is 0. The van der Waals surface area contributed by atoms with Crippen molar-refractivity contribution in [1.82, 2.24) is 0 Å². The van der Waals surface area contributed by atoms with E-state index in [4.69, 9.17) is 4.74 Å². The highest BCUT2D eigenvalue weighted by atomic mass is 16.6. The molecule has 2 rings (SSSR count). The molecule has 0 aromatic carbocycles. The average molecular weight is 126 g/mol. The minimum Gasteiger partial charge on any atom is -0.366 e. The second-order valence-electron chi connectivity index (χ2n) is 3.83. The molecule has 0 bridgehead atoms. The van der Waals surface area contributed by atoms with Crippen LogP contribution in [0, 0.1) is 5.92 Å². The van der Waals surface area contributed by atoms with Crippen molar-refractivity contribution in [2.75, 3.05) is 0 Å². The van der Waals surface area contributed by atoms with Gasteiger partial charge in [-0.25, -0.2) is 0 Å². The molecule has 9 heavy (non-hydrogen) atoms. The molecule has 0 N–H and O–H groups in total. The Kier molecular flexibility index (Phi) is 0.963. The zero-order valence-electron chi connectivity index (χ0n) is 6.18. The molecule has 2 fully saturated rings. The Labute approximate surface area is 56.4 Å². The molecule has 1 atom stereocenters. The SMILES string of the molecule is CC1(C)OC1C1CCC1. The average Bonchev–Trinajstić information content (AvgIpc) is 2.07. The molecule has 1 saturated carbocycles. The zero-order valence-corrected chi connectivity index (χ0v) is 6.18. The van der Waals surface area contributed by atoms with Crippen molar-refractivity contribution >= 4 is 0 Å². The van der Waals surface area contributed by atoms with Gasteiger partial charge in [-0.2, -0.15) is 0 Å². The molecule has 1 unspecified atom stereocenters. The first-order chi connectivity index (χ1) is 4.20. The molecular weight excluding hydrogens is 112 g/mol. The molecule has 0 aromatic rings. The Bertz CT molecular complexity index is 125. The van der Waals surface area contributed by atoms with Crippen LogP contribution in [0.15, 0.2) is 0 Å². The van der Waals surface area contributed by atoms with Gasteiger partial charge in [0.15, 0.2) is 0 Å². The van der Waals surface area contributed by atoms with E-state index in [0.717, 1.165) is 5.92 Å². The summed E-state index contributed by atoms with van der Waals surface area (Å²) in [6.07, 6.45) is 4.87. The quantitative estimate of drug-likeness (QED) is 0.489. The standard InChI is InChI=1S/C8H14O/c1-8(2)7(9-8)6-4-3-5-6/h6-7H,3-5H2,1-2H3. The summed E-state index contributed by atoms with van der Waals surface area (Å²) < 4.78 is 5.51. The first-order valence-corrected chi connectivity index (χ1v) is 3.88. The van der Waals surface area contributed by atoms with Crippen LogP contribution in [-0.4, -0.2) is 11.7 Å². The molecule has 1 aliphatic carbocycles. The fraction of sp³-hybridized carbons (Fsp3) is 1.00. The number of rotatable bonds is 1. The van der Waals surface area contributed by atoms with E-state index in [0.29, 0.717) is 6.10 Å². The molecule has 0 amide bonds. The highest BCUT2D eigenvalue weighted by Crippen LogP contribution is 2.47. The third-order valence-electron chi connectivity index (χ3n) is 2.64. The number of epoxide rings is 1. The first kappa shape index (κ1) is 5.72. The van der Waals surface area contributed by atoms with Crippen LogP contribution in [-0.2, 0) is 4.74 Å². The molecule has 1 heteroatoms. The minimum absolute atomic E-state index is 0.241. The van der Waals surface area contributed by atoms with E-state index < -0.39 is 0 Å². The van der Waals surface area contributed by atoms with Crippen molar-refractivity contribution in [3.05, 3.63) is 0 Å². The Hall–Kier alpha value is -0.0400. The number of hydrogen-bond donors (Lipinski definition) is 0. The van der Waals surface area contributed by atoms with E-state index in [1.165, 1.54) is 19.3 Å². The van der Waals surface area contributed by atoms with Crippen molar-refractivity contribution in [1.29, 1.82) is 0 Å². The van der Waals surface area contributed by atoms with Gasteiger partial charge < -0.3 is 4.74 Å². The maximum atomic E-state index is 5.51. The second-order valence-corrected chi connectivity index (χ2v) is 3.83. The van der Waals surface area contributed by atoms with Gasteiger partial charge in [-0.3, -0.25) is 0 Å². The van der Waals surface area contributed by atoms with Gasteiger partial charge in [0.1, 0.15) is 0 Å². The van der Waals surface area contributed by atoms with E-state index in [-0.39, 0.29) is 5.60 Å². The van der Waals surface area contributed by atoms with Crippen LogP contribution >= 0.6 is 0 Å². The lowest BCUT2D eigenvalue weighted by molar-refractivity contribution is 0.226. The van der Waals surface area contributed by atoms with Crippen LogP contribution in [0.5, 0.6) is 0 Å². The first-order valence-electron chi connectivity index (χ1n) is 3.88. The van der Waals surface area contributed by atoms with Gasteiger partial charge in [0, 0.05) is 0 Å². The second kappa shape index (κ2) is 1.51. The van der Waals surface area contributed by atoms with E-state index in [1.807, 2.05) is 0 Å². The molecule has 1 saturated heterocycles. The maximum Gasteiger partial charge on any atom is 0.0896 e. The summed E-state index contributed by atoms with van der Waals surface area (Å²) in [6.45, 7) is 4.38. The Morgan fingerprint density at radius 3 is 2.00 bits per heavy atom. The van der Waals surface area contributed by atoms with Crippen molar-refractivity contribution in [2.45, 2.75) is 44.8 Å². The van der Waals surface area contributed by atoms with Gasteiger partial charge in [-0.1, -0.05) is 6.42 Å². The van der Waals surface area contributed by atoms with Gasteiger partial charge in [-0.05, 0) is 32.6 Å². The van der Waals surface area contributed by atoms with E-state index in [9.17, 15) is 0 Å². The van der Waals surface area contributed by atoms with Gasteiger partial charge in [0.05, 0.1) is 11.7 Å². The predicted octanol–water partition coefficient (Wildman–Crippen LogP) is 1.96. The zero-order chi connectivity index (χ0) is 6.48. The normalized spacial score (nSPS) is 40.0. The third kappa shape index (κ3) is 0.787. The summed E-state index contributed by atoms with van der Waals surface area (Å²) in [5.74, 6) is 0.917. The summed E-state index contributed by atoms with van der Waals surface area (Å²) in [5, 5.41) is 0. The van der Waals surface area contributed by atoms with E-state index in [2.05, 4.69) is 13.8 Å². The summed E-state index contributed by atoms with van der Waals surface area (Å²) in [5.41, 5.74) is 0.241. The lowest BCUT2D eigenvalue weighted by Crippen LogP contribution is -2.21. The monoisotopic (exact) mass is 126 g/mol. The topological polar surface area (TPSA) is 12.5 Å². The lowest BCUT2D eigenvalue weighted by atomic mass is 9.80. The molecular formula is C8H14O. The maximum absolute atomic E-state index is 5.51. The van der Waals surface area contributed by atoms with Gasteiger partial charge >= 0.3 is 0 Å². The number of hydrogen-bond acceptors (Lipinski definition) is 1. The molecule has 1 aliphatic heterocycles. The smallest absolute Gasteiger partial charge is 0.0896 e. The van der Waals surface area contributed by atoms with Crippen LogP contribution in [0.4, 0.5) is 0 Å². The van der Waals surface area contributed by atoms with Gasteiger partial charge in [-0.15, -0.1) is 0 Å². The molecule has 0 spiro atoms. The predicted molar refractivity (Wildman–Crippen MR) is 36.3 cm³/mol. The molecule has 2 aliphatic rings. The number of ether oxygens (including phenoxy) is 1. The van der Waals surface area contributed by atoms with Crippen LogP contribution in [0.25, 0.3) is 0 Å². The highest BCUT2D eigenvalue weighted by Gasteiger charge is 2.53. The van der Waals surface area contributed by atoms with Gasteiger partial charge in [0.25, 0.3) is 0 Å². The summed E-state index contributed by atoms with van der Waals surface area (Å²) in [6, 6.07) is 0. The minimum atomic E-state index is 0.241. The van der Waals surface area contributed by atoms with Crippen molar-refractivity contribution in [3.63, 3.8) is 0 Å². The highest BCUT2D eigenvalue weighted by molar-refractivity contribution is 5.01. The lowest BCUT2D eigenvalue weighted by Gasteiger charge is -2.23. The Morgan fingerprint density at radius 1 is 1.33 bits per heavy atom. The fourth-order valence-electron chi connectivity index (χ4n) is 1.70. The van der Waals surface area contributed by atoms with Crippen LogP contribution in [0.2, 0.25) is 0 Å². The Morgan fingerprint density at radius 2 is 1.89 bits per heavy atom. The van der Waals surface area contributed by atoms with Crippen LogP contribution in [0.1, 0.15) is 33.1 Å². The molecule has 1 heterocycles. The van der Waals surface area contributed by atoms with Gasteiger partial charge in [0.2, 0.25) is 0 Å². The summed E-state index contributed by atoms with van der Waals surface area (Å²) in [4.78, 5) is 0. The van der Waals surface area contributed by atoms with Crippen molar-refractivity contribution in [2.24, 2.45) is 5.92 Å². The van der Waals surface area contributed by atoms with Crippen LogP contribution in [0.3, 0.4) is 0 Å². The Balaban J connectivity index is 1.89. The molecule has 1 nitrogen and oxygen atoms in total. The van der Waals surface area contributed by atoms with E-state index in [1.54, 1.807) is 0 Å². The third-order valence-corrected chi connectivity index (χ3v) is 2.64. The molecule has 52 valence electrons.